The van der Waals surface area contributed by atoms with Gasteiger partial charge in [0, 0.05) is 19.6 Å². The molecule has 0 bridgehead atoms. The predicted octanol–water partition coefficient (Wildman–Crippen LogP) is 3.16. The molecule has 2 aromatic rings. The molecule has 1 aliphatic heterocycles. The lowest BCUT2D eigenvalue weighted by Gasteiger charge is -2.38. The first kappa shape index (κ1) is 23.1. The van der Waals surface area contributed by atoms with Crippen LogP contribution in [0.15, 0.2) is 36.4 Å². The third-order valence-corrected chi connectivity index (χ3v) is 5.41. The van der Waals surface area contributed by atoms with E-state index in [1.165, 1.54) is 0 Å². The fourth-order valence-electron chi connectivity index (χ4n) is 3.84. The Morgan fingerprint density at radius 3 is 2.38 bits per heavy atom. The molecule has 0 aromatic heterocycles. The number of carbonyl (C=O) groups excluding carboxylic acids is 2. The van der Waals surface area contributed by atoms with E-state index in [4.69, 9.17) is 14.2 Å². The molecule has 0 radical (unpaired) electrons. The zero-order valence-electron chi connectivity index (χ0n) is 18.9. The summed E-state index contributed by atoms with van der Waals surface area (Å²) in [5, 5.41) is 8.52. The molecule has 1 atom stereocenters. The first-order chi connectivity index (χ1) is 15.5. The lowest BCUT2D eigenvalue weighted by molar-refractivity contribution is 0.179. The maximum Gasteiger partial charge on any atom is 0.322 e. The number of amides is 4. The van der Waals surface area contributed by atoms with Crippen molar-refractivity contribution in [3.63, 3.8) is 0 Å². The summed E-state index contributed by atoms with van der Waals surface area (Å²) in [6.45, 7) is 3.08. The largest absolute Gasteiger partial charge is 0.495 e. The number of carbonyl (C=O) groups is 2. The van der Waals surface area contributed by atoms with Gasteiger partial charge in [-0.25, -0.2) is 9.59 Å². The van der Waals surface area contributed by atoms with Crippen LogP contribution >= 0.6 is 0 Å². The van der Waals surface area contributed by atoms with Crippen molar-refractivity contribution in [2.45, 2.75) is 19.4 Å². The molecule has 0 fully saturated rings. The van der Waals surface area contributed by atoms with E-state index < -0.39 is 6.04 Å². The van der Waals surface area contributed by atoms with Gasteiger partial charge in [-0.2, -0.15) is 0 Å². The fourth-order valence-corrected chi connectivity index (χ4v) is 3.84. The van der Waals surface area contributed by atoms with E-state index in [0.29, 0.717) is 42.4 Å². The van der Waals surface area contributed by atoms with E-state index in [1.54, 1.807) is 38.4 Å². The van der Waals surface area contributed by atoms with Crippen molar-refractivity contribution in [2.24, 2.45) is 0 Å². The molecule has 1 aliphatic rings. The normalized spacial score (nSPS) is 14.8. The van der Waals surface area contributed by atoms with Crippen molar-refractivity contribution in [3.8, 4) is 17.2 Å². The third kappa shape index (κ3) is 4.99. The van der Waals surface area contributed by atoms with Crippen LogP contribution in [0.3, 0.4) is 0 Å². The smallest absolute Gasteiger partial charge is 0.322 e. The highest BCUT2D eigenvalue weighted by atomic mass is 16.5. The Kier molecular flexibility index (Phi) is 7.64. The van der Waals surface area contributed by atoms with Crippen molar-refractivity contribution in [1.29, 1.82) is 0 Å². The number of rotatable bonds is 7. The summed E-state index contributed by atoms with van der Waals surface area (Å²) in [4.78, 5) is 27.1. The fraction of sp³-hybridized carbons (Fsp3) is 0.391. The van der Waals surface area contributed by atoms with Crippen LogP contribution in [0.25, 0.3) is 0 Å². The molecular weight excluding hydrogens is 412 g/mol. The Labute approximate surface area is 188 Å². The molecule has 3 N–H and O–H groups in total. The molecule has 9 heteroatoms. The van der Waals surface area contributed by atoms with Crippen LogP contribution in [0.1, 0.15) is 24.1 Å². The maximum atomic E-state index is 13.3. The predicted molar refractivity (Wildman–Crippen MR) is 122 cm³/mol. The molecular formula is C23H30N4O5. The first-order valence-corrected chi connectivity index (χ1v) is 10.5. The van der Waals surface area contributed by atoms with Crippen LogP contribution in [0.5, 0.6) is 17.2 Å². The molecule has 0 aliphatic carbocycles. The summed E-state index contributed by atoms with van der Waals surface area (Å²) in [7, 11) is 4.72. The van der Waals surface area contributed by atoms with E-state index in [-0.39, 0.29) is 18.6 Å². The van der Waals surface area contributed by atoms with Crippen molar-refractivity contribution in [2.75, 3.05) is 46.3 Å². The summed E-state index contributed by atoms with van der Waals surface area (Å²) in [6, 6.07) is 10.1. The van der Waals surface area contributed by atoms with Gasteiger partial charge in [0.25, 0.3) is 0 Å². The topological polar surface area (TPSA) is 101 Å². The van der Waals surface area contributed by atoms with Crippen LogP contribution in [0, 0.1) is 0 Å². The van der Waals surface area contributed by atoms with Crippen LogP contribution in [0.4, 0.5) is 15.3 Å². The average molecular weight is 443 g/mol. The molecule has 1 unspecified atom stereocenters. The Hall–Kier alpha value is -3.62. The summed E-state index contributed by atoms with van der Waals surface area (Å²) in [5.41, 5.74) is 2.53. The third-order valence-electron chi connectivity index (χ3n) is 5.41. The summed E-state index contributed by atoms with van der Waals surface area (Å²) in [6.07, 6.45) is 0.646. The number of hydrogen-bond donors (Lipinski definition) is 3. The SMILES string of the molecule is CCNC(=O)NCC1c2cc(OC)c(OC)cc2CCN1C(=O)Nc1ccccc1OC. The van der Waals surface area contributed by atoms with E-state index in [9.17, 15) is 9.59 Å². The molecule has 0 spiro atoms. The molecule has 9 nitrogen and oxygen atoms in total. The van der Waals surface area contributed by atoms with Gasteiger partial charge in [0.05, 0.1) is 33.1 Å². The quantitative estimate of drug-likeness (QED) is 0.612. The van der Waals surface area contributed by atoms with Gasteiger partial charge in [-0.1, -0.05) is 12.1 Å². The summed E-state index contributed by atoms with van der Waals surface area (Å²) in [5.74, 6) is 1.77. The minimum Gasteiger partial charge on any atom is -0.495 e. The van der Waals surface area contributed by atoms with Gasteiger partial charge in [-0.05, 0) is 48.7 Å². The number of fused-ring (bicyclic) bond motifs is 1. The number of ether oxygens (including phenoxy) is 3. The highest BCUT2D eigenvalue weighted by Crippen LogP contribution is 2.38. The molecule has 1 heterocycles. The zero-order valence-corrected chi connectivity index (χ0v) is 18.9. The monoisotopic (exact) mass is 442 g/mol. The van der Waals surface area contributed by atoms with Gasteiger partial charge in [-0.15, -0.1) is 0 Å². The van der Waals surface area contributed by atoms with Gasteiger partial charge < -0.3 is 35.1 Å². The second-order valence-electron chi connectivity index (χ2n) is 7.24. The molecule has 2 aromatic carbocycles. The Bertz CT molecular complexity index is 965. The second-order valence-corrected chi connectivity index (χ2v) is 7.24. The van der Waals surface area contributed by atoms with Crippen LogP contribution in [-0.4, -0.2) is 57.9 Å². The number of nitrogens with one attached hydrogen (secondary N) is 3. The standard InChI is InChI=1S/C23H30N4O5/c1-5-24-22(28)25-14-18-16-13-21(32-4)20(31-3)12-15(16)10-11-27(18)23(29)26-17-8-6-7-9-19(17)30-2/h6-9,12-13,18H,5,10-11,14H2,1-4H3,(H,26,29)(H2,24,25,28). The van der Waals surface area contributed by atoms with Gasteiger partial charge >= 0.3 is 12.1 Å². The lowest BCUT2D eigenvalue weighted by atomic mass is 9.92. The Morgan fingerprint density at radius 1 is 1.00 bits per heavy atom. The number of nitrogens with zero attached hydrogens (tertiary/aromatic N) is 1. The number of urea groups is 2. The number of para-hydroxylation sites is 2. The average Bonchev–Trinajstić information content (AvgIpc) is 2.81. The summed E-state index contributed by atoms with van der Waals surface area (Å²) < 4.78 is 16.3. The second kappa shape index (κ2) is 10.6. The van der Waals surface area contributed by atoms with Crippen LogP contribution in [0.2, 0.25) is 0 Å². The molecule has 172 valence electrons. The van der Waals surface area contributed by atoms with E-state index >= 15 is 0 Å². The van der Waals surface area contributed by atoms with Crippen LogP contribution < -0.4 is 30.2 Å². The lowest BCUT2D eigenvalue weighted by Crippen LogP contribution is -2.48. The van der Waals surface area contributed by atoms with E-state index in [2.05, 4.69) is 16.0 Å². The summed E-state index contributed by atoms with van der Waals surface area (Å²) >= 11 is 0. The van der Waals surface area contributed by atoms with Gasteiger partial charge in [-0.3, -0.25) is 0 Å². The number of hydrogen-bond acceptors (Lipinski definition) is 5. The molecule has 3 rings (SSSR count). The van der Waals surface area contributed by atoms with Crippen molar-refractivity contribution in [3.05, 3.63) is 47.5 Å². The van der Waals surface area contributed by atoms with Crippen molar-refractivity contribution < 1.29 is 23.8 Å². The molecule has 0 saturated heterocycles. The zero-order chi connectivity index (χ0) is 23.1. The van der Waals surface area contributed by atoms with Crippen LogP contribution in [-0.2, 0) is 6.42 Å². The van der Waals surface area contributed by atoms with Gasteiger partial charge in [0.1, 0.15) is 5.75 Å². The Morgan fingerprint density at radius 2 is 1.69 bits per heavy atom. The van der Waals surface area contributed by atoms with E-state index in [1.807, 2.05) is 31.2 Å². The number of anilines is 1. The Balaban J connectivity index is 1.92. The molecule has 4 amide bonds. The molecule has 32 heavy (non-hydrogen) atoms. The van der Waals surface area contributed by atoms with E-state index in [0.717, 1.165) is 11.1 Å². The minimum absolute atomic E-state index is 0.244. The van der Waals surface area contributed by atoms with Gasteiger partial charge in [0.2, 0.25) is 0 Å². The number of benzene rings is 2. The number of methoxy groups -OCH3 is 3. The molecule has 0 saturated carbocycles. The van der Waals surface area contributed by atoms with Crippen molar-refractivity contribution >= 4 is 17.7 Å². The maximum absolute atomic E-state index is 13.3. The highest BCUT2D eigenvalue weighted by molar-refractivity contribution is 5.91. The minimum atomic E-state index is -0.393. The first-order valence-electron chi connectivity index (χ1n) is 10.5. The van der Waals surface area contributed by atoms with Crippen molar-refractivity contribution in [1.82, 2.24) is 15.5 Å². The van der Waals surface area contributed by atoms with Gasteiger partial charge in [0.15, 0.2) is 11.5 Å². The highest BCUT2D eigenvalue weighted by Gasteiger charge is 2.33.